The smallest absolute Gasteiger partial charge is 0.147 e. The Labute approximate surface area is 117 Å². The molecule has 1 aromatic carbocycles. The molecule has 2 aromatic rings. The molecule has 1 aromatic heterocycles. The lowest BCUT2D eigenvalue weighted by Gasteiger charge is -2.14. The van der Waals surface area contributed by atoms with Gasteiger partial charge in [0.05, 0.1) is 16.2 Å². The lowest BCUT2D eigenvalue weighted by atomic mass is 10.2. The number of benzene rings is 1. The van der Waals surface area contributed by atoms with Gasteiger partial charge < -0.3 is 5.32 Å². The summed E-state index contributed by atoms with van der Waals surface area (Å²) < 4.78 is 27.2. The summed E-state index contributed by atoms with van der Waals surface area (Å²) in [4.78, 5) is 2.29. The lowest BCUT2D eigenvalue weighted by molar-refractivity contribution is 0.595. The fourth-order valence-corrected chi connectivity index (χ4v) is 2.82. The number of halogens is 3. The van der Waals surface area contributed by atoms with Gasteiger partial charge in [0.25, 0.3) is 0 Å². The van der Waals surface area contributed by atoms with Crippen LogP contribution in [-0.2, 0) is 0 Å². The fourth-order valence-electron chi connectivity index (χ4n) is 1.62. The molecule has 1 N–H and O–H groups in total. The van der Waals surface area contributed by atoms with E-state index in [4.69, 9.17) is 0 Å². The molecule has 1 unspecified atom stereocenters. The van der Waals surface area contributed by atoms with Gasteiger partial charge in [0.2, 0.25) is 0 Å². The van der Waals surface area contributed by atoms with Crippen LogP contribution in [0.15, 0.2) is 28.7 Å². The second-order valence-corrected chi connectivity index (χ2v) is 6.23. The van der Waals surface area contributed by atoms with Crippen LogP contribution in [0.5, 0.6) is 0 Å². The molecule has 0 aliphatic rings. The zero-order valence-electron chi connectivity index (χ0n) is 9.93. The van der Waals surface area contributed by atoms with Crippen molar-refractivity contribution in [2.24, 2.45) is 0 Å². The molecule has 0 amide bonds. The van der Waals surface area contributed by atoms with Crippen molar-refractivity contribution in [1.29, 1.82) is 0 Å². The van der Waals surface area contributed by atoms with E-state index >= 15 is 0 Å². The molecule has 5 heteroatoms. The van der Waals surface area contributed by atoms with Crippen molar-refractivity contribution in [2.45, 2.75) is 19.9 Å². The predicted molar refractivity (Wildman–Crippen MR) is 75.2 cm³/mol. The number of aryl methyl sites for hydroxylation is 1. The zero-order valence-corrected chi connectivity index (χ0v) is 12.3. The van der Waals surface area contributed by atoms with Gasteiger partial charge in [-0.3, -0.25) is 0 Å². The van der Waals surface area contributed by atoms with E-state index in [0.29, 0.717) is 0 Å². The van der Waals surface area contributed by atoms with E-state index in [0.717, 1.165) is 17.0 Å². The molecular weight excluding hydrogens is 320 g/mol. The highest BCUT2D eigenvalue weighted by Crippen LogP contribution is 2.29. The first-order valence-corrected chi connectivity index (χ1v) is 7.05. The van der Waals surface area contributed by atoms with Crippen molar-refractivity contribution in [2.75, 3.05) is 5.32 Å². The Morgan fingerprint density at radius 3 is 2.56 bits per heavy atom. The topological polar surface area (TPSA) is 12.0 Å². The number of hydrogen-bond acceptors (Lipinski definition) is 2. The Kier molecular flexibility index (Phi) is 4.02. The Morgan fingerprint density at radius 2 is 1.94 bits per heavy atom. The third-order valence-corrected chi connectivity index (χ3v) is 4.36. The third-order valence-electron chi connectivity index (χ3n) is 2.57. The zero-order chi connectivity index (χ0) is 13.3. The number of thiophene rings is 1. The molecule has 0 saturated heterocycles. The maximum Gasteiger partial charge on any atom is 0.147 e. The summed E-state index contributed by atoms with van der Waals surface area (Å²) in [5, 5.41) is 2.98. The maximum absolute atomic E-state index is 13.7. The molecule has 2 rings (SSSR count). The van der Waals surface area contributed by atoms with Crippen LogP contribution in [0.2, 0.25) is 0 Å². The normalized spacial score (nSPS) is 12.5. The lowest BCUT2D eigenvalue weighted by Crippen LogP contribution is -2.07. The molecule has 18 heavy (non-hydrogen) atoms. The van der Waals surface area contributed by atoms with Crippen molar-refractivity contribution in [3.63, 3.8) is 0 Å². The van der Waals surface area contributed by atoms with Crippen molar-refractivity contribution in [3.8, 4) is 0 Å². The molecule has 0 bridgehead atoms. The van der Waals surface area contributed by atoms with E-state index in [2.05, 4.69) is 21.2 Å². The molecule has 1 heterocycles. The second-order valence-electron chi connectivity index (χ2n) is 4.06. The van der Waals surface area contributed by atoms with Crippen LogP contribution in [0, 0.1) is 18.6 Å². The minimum atomic E-state index is -0.478. The first-order chi connectivity index (χ1) is 8.47. The van der Waals surface area contributed by atoms with Gasteiger partial charge in [-0.25, -0.2) is 8.78 Å². The molecule has 0 radical (unpaired) electrons. The molecule has 1 nitrogen and oxygen atoms in total. The van der Waals surface area contributed by atoms with Gasteiger partial charge in [0.1, 0.15) is 11.6 Å². The number of nitrogens with one attached hydrogen (secondary N) is 1. The molecule has 0 aliphatic carbocycles. The maximum atomic E-state index is 13.7. The summed E-state index contributed by atoms with van der Waals surface area (Å²) in [6, 6.07) is 6.24. The molecule has 0 aliphatic heterocycles. The molecule has 0 fully saturated rings. The first kappa shape index (κ1) is 13.5. The minimum Gasteiger partial charge on any atom is -0.375 e. The van der Waals surface area contributed by atoms with Gasteiger partial charge in [0.15, 0.2) is 0 Å². The van der Waals surface area contributed by atoms with Crippen molar-refractivity contribution in [3.05, 3.63) is 50.1 Å². The van der Waals surface area contributed by atoms with Crippen LogP contribution in [0.25, 0.3) is 0 Å². The van der Waals surface area contributed by atoms with Gasteiger partial charge >= 0.3 is 0 Å². The van der Waals surface area contributed by atoms with E-state index in [-0.39, 0.29) is 16.2 Å². The summed E-state index contributed by atoms with van der Waals surface area (Å²) in [6.07, 6.45) is 0. The average Bonchev–Trinajstić information content (AvgIpc) is 2.73. The van der Waals surface area contributed by atoms with Gasteiger partial charge in [-0.2, -0.15) is 0 Å². The third kappa shape index (κ3) is 2.90. The van der Waals surface area contributed by atoms with E-state index < -0.39 is 11.6 Å². The summed E-state index contributed by atoms with van der Waals surface area (Å²) in [5.74, 6) is -0.947. The number of anilines is 1. The highest BCUT2D eigenvalue weighted by molar-refractivity contribution is 9.10. The Balaban J connectivity index is 2.21. The van der Waals surface area contributed by atoms with Crippen LogP contribution in [-0.4, -0.2) is 0 Å². The van der Waals surface area contributed by atoms with Gasteiger partial charge in [-0.15, -0.1) is 11.3 Å². The highest BCUT2D eigenvalue weighted by Gasteiger charge is 2.12. The second kappa shape index (κ2) is 5.36. The van der Waals surface area contributed by atoms with E-state index in [1.165, 1.54) is 4.88 Å². The molecular formula is C13H12BrF2NS. The molecule has 0 saturated carbocycles. The van der Waals surface area contributed by atoms with Crippen LogP contribution in [0.4, 0.5) is 14.5 Å². The summed E-state index contributed by atoms with van der Waals surface area (Å²) >= 11 is 4.59. The van der Waals surface area contributed by atoms with Gasteiger partial charge in [-0.05, 0) is 48.0 Å². The first-order valence-electron chi connectivity index (χ1n) is 5.45. The highest BCUT2D eigenvalue weighted by atomic mass is 79.9. The Hall–Kier alpha value is -0.940. The van der Waals surface area contributed by atoms with Crippen LogP contribution in [0.3, 0.4) is 0 Å². The standard InChI is InChI=1S/C13H12BrF2NS/c1-7-3-4-13(18-7)8(2)17-12-6-10(15)9(14)5-11(12)16/h3-6,8,17H,1-2H3. The summed E-state index contributed by atoms with van der Waals surface area (Å²) in [7, 11) is 0. The Bertz CT molecular complexity index is 568. The molecule has 96 valence electrons. The quantitative estimate of drug-likeness (QED) is 0.755. The predicted octanol–water partition coefficient (Wildman–Crippen LogP) is 5.27. The number of hydrogen-bond donors (Lipinski definition) is 1. The van der Waals surface area contributed by atoms with Crippen molar-refractivity contribution >= 4 is 33.0 Å². The largest absolute Gasteiger partial charge is 0.375 e. The SMILES string of the molecule is Cc1ccc(C(C)Nc2cc(F)c(Br)cc2F)s1. The van der Waals surface area contributed by atoms with Crippen molar-refractivity contribution in [1.82, 2.24) is 0 Å². The average molecular weight is 332 g/mol. The molecule has 1 atom stereocenters. The summed E-state index contributed by atoms with van der Waals surface area (Å²) in [6.45, 7) is 3.94. The molecule has 0 spiro atoms. The minimum absolute atomic E-state index is 0.0567. The van der Waals surface area contributed by atoms with Crippen molar-refractivity contribution < 1.29 is 8.78 Å². The fraction of sp³-hybridized carbons (Fsp3) is 0.231. The van der Waals surface area contributed by atoms with Gasteiger partial charge in [0, 0.05) is 15.8 Å². The van der Waals surface area contributed by atoms with Crippen LogP contribution in [0.1, 0.15) is 22.7 Å². The van der Waals surface area contributed by atoms with Gasteiger partial charge in [-0.1, -0.05) is 0 Å². The number of rotatable bonds is 3. The summed E-state index contributed by atoms with van der Waals surface area (Å²) in [5.41, 5.74) is 0.175. The van der Waals surface area contributed by atoms with Crippen LogP contribution < -0.4 is 5.32 Å². The van der Waals surface area contributed by atoms with E-state index in [9.17, 15) is 8.78 Å². The monoisotopic (exact) mass is 331 g/mol. The van der Waals surface area contributed by atoms with Crippen LogP contribution >= 0.6 is 27.3 Å². The Morgan fingerprint density at radius 1 is 1.22 bits per heavy atom. The van der Waals surface area contributed by atoms with E-state index in [1.54, 1.807) is 11.3 Å². The van der Waals surface area contributed by atoms with E-state index in [1.807, 2.05) is 26.0 Å².